The molecule has 0 saturated heterocycles. The second-order valence-corrected chi connectivity index (χ2v) is 4.41. The highest BCUT2D eigenvalue weighted by Gasteiger charge is 2.09. The van der Waals surface area contributed by atoms with Gasteiger partial charge in [-0.1, -0.05) is 18.7 Å². The normalized spacial score (nSPS) is 9.82. The lowest BCUT2D eigenvalue weighted by atomic mass is 10.1. The number of non-ortho nitro benzene ring substituents is 1. The van der Waals surface area contributed by atoms with Crippen LogP contribution < -0.4 is 10.9 Å². The van der Waals surface area contributed by atoms with Gasteiger partial charge in [0, 0.05) is 23.3 Å². The number of phenols is 1. The Labute approximate surface area is 126 Å². The molecule has 2 aromatic carbocycles. The number of nitrogens with zero attached hydrogens (tertiary/aromatic N) is 1. The van der Waals surface area contributed by atoms with Crippen molar-refractivity contribution in [2.24, 2.45) is 0 Å². The number of benzene rings is 2. The molecule has 0 saturated carbocycles. The van der Waals surface area contributed by atoms with Gasteiger partial charge < -0.3 is 5.11 Å². The van der Waals surface area contributed by atoms with Crippen LogP contribution in [-0.2, 0) is 0 Å². The van der Waals surface area contributed by atoms with Crippen molar-refractivity contribution >= 4 is 17.3 Å². The molecule has 2 rings (SSSR count). The summed E-state index contributed by atoms with van der Waals surface area (Å²) in [6, 6.07) is 11.6. The van der Waals surface area contributed by atoms with E-state index >= 15 is 0 Å². The van der Waals surface area contributed by atoms with Gasteiger partial charge in [0.2, 0.25) is 0 Å². The Bertz CT molecular complexity index is 726. The second kappa shape index (κ2) is 6.40. The van der Waals surface area contributed by atoms with Crippen LogP contribution in [0.15, 0.2) is 55.1 Å². The van der Waals surface area contributed by atoms with Crippen molar-refractivity contribution in [1.29, 1.82) is 0 Å². The molecule has 7 heteroatoms. The number of phenolic OH excluding ortho intramolecular Hbond substituents is 1. The van der Waals surface area contributed by atoms with Crippen molar-refractivity contribution in [3.63, 3.8) is 0 Å². The lowest BCUT2D eigenvalue weighted by Gasteiger charge is -2.11. The molecule has 0 radical (unpaired) electrons. The SMILES string of the molecule is C=C(NNC(=O)c1ccc(O)cc1)c1cccc([N+](=O)[O-])c1. The zero-order valence-electron chi connectivity index (χ0n) is 11.4. The third kappa shape index (κ3) is 3.60. The largest absolute Gasteiger partial charge is 0.508 e. The lowest BCUT2D eigenvalue weighted by molar-refractivity contribution is -0.384. The summed E-state index contributed by atoms with van der Waals surface area (Å²) in [6.07, 6.45) is 0. The minimum absolute atomic E-state index is 0.0607. The van der Waals surface area contributed by atoms with E-state index in [1.165, 1.54) is 42.5 Å². The van der Waals surface area contributed by atoms with E-state index in [9.17, 15) is 14.9 Å². The Kier molecular flexibility index (Phi) is 4.38. The maximum absolute atomic E-state index is 11.9. The Balaban J connectivity index is 2.00. The molecule has 22 heavy (non-hydrogen) atoms. The van der Waals surface area contributed by atoms with Crippen molar-refractivity contribution in [3.05, 3.63) is 76.4 Å². The molecule has 0 aromatic heterocycles. The predicted octanol–water partition coefficient (Wildman–Crippen LogP) is 2.21. The number of hydrogen-bond acceptors (Lipinski definition) is 5. The van der Waals surface area contributed by atoms with Crippen LogP contribution in [0.4, 0.5) is 5.69 Å². The minimum Gasteiger partial charge on any atom is -0.508 e. The highest BCUT2D eigenvalue weighted by atomic mass is 16.6. The molecule has 0 aliphatic carbocycles. The Morgan fingerprint density at radius 2 is 1.77 bits per heavy atom. The smallest absolute Gasteiger partial charge is 0.270 e. The molecule has 7 nitrogen and oxygen atoms in total. The van der Waals surface area contributed by atoms with E-state index in [0.717, 1.165) is 0 Å². The molecular weight excluding hydrogens is 286 g/mol. The number of carbonyl (C=O) groups excluding carboxylic acids is 1. The summed E-state index contributed by atoms with van der Waals surface area (Å²) < 4.78 is 0. The van der Waals surface area contributed by atoms with Gasteiger partial charge in [-0.3, -0.25) is 25.8 Å². The van der Waals surface area contributed by atoms with Crippen molar-refractivity contribution in [2.75, 3.05) is 0 Å². The van der Waals surface area contributed by atoms with Gasteiger partial charge in [0.15, 0.2) is 0 Å². The number of aromatic hydroxyl groups is 1. The molecule has 0 atom stereocenters. The second-order valence-electron chi connectivity index (χ2n) is 4.41. The number of amides is 1. The summed E-state index contributed by atoms with van der Waals surface area (Å²) in [5.74, 6) is -0.364. The average molecular weight is 299 g/mol. The van der Waals surface area contributed by atoms with Crippen LogP contribution in [-0.4, -0.2) is 15.9 Å². The van der Waals surface area contributed by atoms with Gasteiger partial charge in [-0.05, 0) is 24.3 Å². The van der Waals surface area contributed by atoms with Gasteiger partial charge in [-0.15, -0.1) is 0 Å². The molecule has 3 N–H and O–H groups in total. The lowest BCUT2D eigenvalue weighted by Crippen LogP contribution is -2.35. The monoisotopic (exact) mass is 299 g/mol. The zero-order chi connectivity index (χ0) is 16.1. The summed E-state index contributed by atoms with van der Waals surface area (Å²) in [5.41, 5.74) is 6.11. The van der Waals surface area contributed by atoms with E-state index in [1.54, 1.807) is 6.07 Å². The quantitative estimate of drug-likeness (QED) is 0.580. The van der Waals surface area contributed by atoms with Crippen molar-refractivity contribution in [1.82, 2.24) is 10.9 Å². The van der Waals surface area contributed by atoms with Crippen molar-refractivity contribution in [3.8, 4) is 5.75 Å². The predicted molar refractivity (Wildman–Crippen MR) is 80.8 cm³/mol. The molecule has 0 aliphatic rings. The molecule has 0 fully saturated rings. The molecule has 0 unspecified atom stereocenters. The Morgan fingerprint density at radius 3 is 2.41 bits per heavy atom. The summed E-state index contributed by atoms with van der Waals surface area (Å²) in [7, 11) is 0. The molecule has 0 spiro atoms. The molecule has 112 valence electrons. The molecule has 2 aromatic rings. The number of rotatable bonds is 5. The van der Waals surface area contributed by atoms with Crippen LogP contribution in [0.25, 0.3) is 5.70 Å². The first kappa shape index (κ1) is 15.0. The van der Waals surface area contributed by atoms with E-state index in [1.807, 2.05) is 0 Å². The number of nitro benzene ring substituents is 1. The number of nitro groups is 1. The van der Waals surface area contributed by atoms with E-state index in [-0.39, 0.29) is 11.4 Å². The highest BCUT2D eigenvalue weighted by molar-refractivity contribution is 5.94. The Hall–Kier alpha value is -3.35. The van der Waals surface area contributed by atoms with Crippen molar-refractivity contribution < 1.29 is 14.8 Å². The van der Waals surface area contributed by atoms with Crippen LogP contribution in [0, 0.1) is 10.1 Å². The number of nitrogens with one attached hydrogen (secondary N) is 2. The van der Waals surface area contributed by atoms with Crippen molar-refractivity contribution in [2.45, 2.75) is 0 Å². The van der Waals surface area contributed by atoms with Crippen LogP contribution in [0.5, 0.6) is 5.75 Å². The third-order valence-electron chi connectivity index (χ3n) is 2.86. The number of hydrazine groups is 1. The van der Waals surface area contributed by atoms with Gasteiger partial charge in [-0.2, -0.15) is 0 Å². The maximum Gasteiger partial charge on any atom is 0.270 e. The van der Waals surface area contributed by atoms with Crippen LogP contribution >= 0.6 is 0 Å². The first-order valence-electron chi connectivity index (χ1n) is 6.26. The van der Waals surface area contributed by atoms with E-state index in [0.29, 0.717) is 16.8 Å². The van der Waals surface area contributed by atoms with Gasteiger partial charge in [-0.25, -0.2) is 0 Å². The summed E-state index contributed by atoms with van der Waals surface area (Å²) in [4.78, 5) is 22.1. The van der Waals surface area contributed by atoms with Crippen LogP contribution in [0.2, 0.25) is 0 Å². The molecule has 0 aliphatic heterocycles. The van der Waals surface area contributed by atoms with Crippen LogP contribution in [0.3, 0.4) is 0 Å². The zero-order valence-corrected chi connectivity index (χ0v) is 11.4. The maximum atomic E-state index is 11.9. The van der Waals surface area contributed by atoms with Crippen LogP contribution in [0.1, 0.15) is 15.9 Å². The first-order valence-corrected chi connectivity index (χ1v) is 6.26. The van der Waals surface area contributed by atoms with E-state index in [2.05, 4.69) is 17.4 Å². The van der Waals surface area contributed by atoms with E-state index in [4.69, 9.17) is 5.11 Å². The van der Waals surface area contributed by atoms with Gasteiger partial charge >= 0.3 is 0 Å². The summed E-state index contributed by atoms with van der Waals surface area (Å²) in [5, 5.41) is 19.9. The fourth-order valence-electron chi connectivity index (χ4n) is 1.70. The molecule has 1 amide bonds. The number of hydrogen-bond donors (Lipinski definition) is 3. The van der Waals surface area contributed by atoms with Gasteiger partial charge in [0.25, 0.3) is 11.6 Å². The van der Waals surface area contributed by atoms with E-state index < -0.39 is 10.8 Å². The summed E-state index contributed by atoms with van der Waals surface area (Å²) in [6.45, 7) is 3.72. The Morgan fingerprint density at radius 1 is 1.09 bits per heavy atom. The topological polar surface area (TPSA) is 104 Å². The molecule has 0 heterocycles. The fraction of sp³-hybridized carbons (Fsp3) is 0. The highest BCUT2D eigenvalue weighted by Crippen LogP contribution is 2.17. The average Bonchev–Trinajstić information content (AvgIpc) is 2.53. The van der Waals surface area contributed by atoms with Gasteiger partial charge in [0.1, 0.15) is 5.75 Å². The standard InChI is InChI=1S/C15H13N3O4/c1-10(12-3-2-4-13(9-12)18(21)22)16-17-15(20)11-5-7-14(19)8-6-11/h2-9,16,19H,1H2,(H,17,20). The first-order chi connectivity index (χ1) is 10.5. The third-order valence-corrected chi connectivity index (χ3v) is 2.86. The fourth-order valence-corrected chi connectivity index (χ4v) is 1.70. The minimum atomic E-state index is -0.508. The van der Waals surface area contributed by atoms with Gasteiger partial charge in [0.05, 0.1) is 10.6 Å². The molecule has 0 bridgehead atoms. The summed E-state index contributed by atoms with van der Waals surface area (Å²) >= 11 is 0. The number of carbonyl (C=O) groups is 1. The molecular formula is C15H13N3O4.